The summed E-state index contributed by atoms with van der Waals surface area (Å²) in [4.78, 5) is 10.8. The Morgan fingerprint density at radius 3 is 2.75 bits per heavy atom. The monoisotopic (exact) mass is 296 g/mol. The average molecular weight is 296 g/mol. The summed E-state index contributed by atoms with van der Waals surface area (Å²) >= 11 is 0. The van der Waals surface area contributed by atoms with E-state index >= 15 is 0 Å². The Hall–Kier alpha value is -1.91. The molecule has 1 aromatic rings. The number of nitrogens with one attached hydrogen (secondary N) is 1. The summed E-state index contributed by atoms with van der Waals surface area (Å²) < 4.78 is 26.0. The van der Waals surface area contributed by atoms with Crippen molar-refractivity contribution in [3.63, 3.8) is 0 Å². The van der Waals surface area contributed by atoms with Gasteiger partial charge in [0.05, 0.1) is 17.4 Å². The average Bonchev–Trinajstić information content (AvgIpc) is 2.38. The van der Waals surface area contributed by atoms with Crippen LogP contribution in [-0.4, -0.2) is 26.0 Å². The van der Waals surface area contributed by atoms with Crippen LogP contribution in [0.25, 0.3) is 0 Å². The van der Waals surface area contributed by atoms with Crippen molar-refractivity contribution < 1.29 is 18.3 Å². The fourth-order valence-corrected chi connectivity index (χ4v) is 2.80. The molecule has 0 saturated heterocycles. The van der Waals surface area contributed by atoms with Crippen LogP contribution in [0, 0.1) is 11.3 Å². The molecule has 0 spiro atoms. The van der Waals surface area contributed by atoms with Gasteiger partial charge in [-0.25, -0.2) is 17.9 Å². The topological polar surface area (TPSA) is 107 Å². The van der Waals surface area contributed by atoms with Crippen LogP contribution >= 0.6 is 0 Å². The van der Waals surface area contributed by atoms with Crippen LogP contribution in [-0.2, 0) is 15.8 Å². The molecule has 108 valence electrons. The van der Waals surface area contributed by atoms with Crippen LogP contribution < -0.4 is 4.72 Å². The highest BCUT2D eigenvalue weighted by atomic mass is 32.2. The third-order valence-corrected chi connectivity index (χ3v) is 3.93. The van der Waals surface area contributed by atoms with E-state index in [1.54, 1.807) is 6.07 Å². The summed E-state index contributed by atoms with van der Waals surface area (Å²) in [5, 5.41) is 17.2. The maximum absolute atomic E-state index is 11.8. The van der Waals surface area contributed by atoms with Crippen LogP contribution in [0.15, 0.2) is 24.3 Å². The van der Waals surface area contributed by atoms with Gasteiger partial charge in [0.1, 0.15) is 0 Å². The molecule has 0 bridgehead atoms. The van der Waals surface area contributed by atoms with Gasteiger partial charge >= 0.3 is 5.97 Å². The Labute approximate surface area is 118 Å². The highest BCUT2D eigenvalue weighted by Crippen LogP contribution is 2.09. The van der Waals surface area contributed by atoms with Gasteiger partial charge in [0.2, 0.25) is 10.0 Å². The summed E-state index contributed by atoms with van der Waals surface area (Å²) in [7, 11) is -3.49. The molecule has 0 heterocycles. The summed E-state index contributed by atoms with van der Waals surface area (Å²) in [5.74, 6) is -1.35. The lowest BCUT2D eigenvalue weighted by Crippen LogP contribution is -2.26. The molecule has 0 radical (unpaired) electrons. The Morgan fingerprint density at radius 2 is 2.10 bits per heavy atom. The number of hydrogen-bond acceptors (Lipinski definition) is 4. The van der Waals surface area contributed by atoms with Gasteiger partial charge in [0.15, 0.2) is 0 Å². The molecule has 0 unspecified atom stereocenters. The van der Waals surface area contributed by atoms with Gasteiger partial charge in [-0.1, -0.05) is 12.1 Å². The fraction of sp³-hybridized carbons (Fsp3) is 0.385. The smallest absolute Gasteiger partial charge is 0.335 e. The summed E-state index contributed by atoms with van der Waals surface area (Å²) in [6.07, 6.45) is 1.65. The molecule has 0 saturated carbocycles. The summed E-state index contributed by atoms with van der Waals surface area (Å²) in [5.41, 5.74) is 0.487. The highest BCUT2D eigenvalue weighted by molar-refractivity contribution is 7.88. The van der Waals surface area contributed by atoms with Crippen LogP contribution in [0.2, 0.25) is 0 Å². The second-order valence-corrected chi connectivity index (χ2v) is 6.08. The van der Waals surface area contributed by atoms with E-state index in [1.807, 2.05) is 6.07 Å². The SMILES string of the molecule is N#CCCCCNS(=O)(=O)Cc1cccc(C(=O)O)c1. The van der Waals surface area contributed by atoms with E-state index in [0.717, 1.165) is 0 Å². The first-order chi connectivity index (χ1) is 9.44. The zero-order valence-electron chi connectivity index (χ0n) is 10.9. The van der Waals surface area contributed by atoms with E-state index in [2.05, 4.69) is 4.72 Å². The van der Waals surface area contributed by atoms with E-state index in [1.165, 1.54) is 18.2 Å². The van der Waals surface area contributed by atoms with Crippen LogP contribution in [0.1, 0.15) is 35.2 Å². The molecule has 0 fully saturated rings. The minimum absolute atomic E-state index is 0.0618. The van der Waals surface area contributed by atoms with Crippen LogP contribution in [0.3, 0.4) is 0 Å². The fourth-order valence-electron chi connectivity index (χ4n) is 1.62. The molecule has 0 atom stereocenters. The molecule has 1 rings (SSSR count). The zero-order valence-corrected chi connectivity index (χ0v) is 11.7. The number of benzene rings is 1. The van der Waals surface area contributed by atoms with E-state index < -0.39 is 16.0 Å². The van der Waals surface area contributed by atoms with E-state index in [-0.39, 0.29) is 17.9 Å². The van der Waals surface area contributed by atoms with E-state index in [4.69, 9.17) is 10.4 Å². The Balaban J connectivity index is 2.56. The third-order valence-electron chi connectivity index (χ3n) is 2.57. The lowest BCUT2D eigenvalue weighted by atomic mass is 10.1. The normalized spacial score (nSPS) is 10.9. The number of aromatic carboxylic acids is 1. The van der Waals surface area contributed by atoms with Gasteiger partial charge in [-0.15, -0.1) is 0 Å². The van der Waals surface area contributed by atoms with Crippen LogP contribution in [0.5, 0.6) is 0 Å². The lowest BCUT2D eigenvalue weighted by molar-refractivity contribution is 0.0696. The van der Waals surface area contributed by atoms with Gasteiger partial charge in [-0.05, 0) is 30.5 Å². The van der Waals surface area contributed by atoms with E-state index in [9.17, 15) is 13.2 Å². The molecule has 1 aromatic carbocycles. The predicted molar refractivity (Wildman–Crippen MR) is 73.5 cm³/mol. The number of hydrogen-bond donors (Lipinski definition) is 2. The zero-order chi connectivity index (χ0) is 15.0. The van der Waals surface area contributed by atoms with Crippen LogP contribution in [0.4, 0.5) is 0 Å². The van der Waals surface area contributed by atoms with Crippen molar-refractivity contribution in [2.75, 3.05) is 6.54 Å². The molecule has 20 heavy (non-hydrogen) atoms. The number of nitriles is 1. The van der Waals surface area contributed by atoms with Crippen molar-refractivity contribution in [3.8, 4) is 6.07 Å². The van der Waals surface area contributed by atoms with Crippen molar-refractivity contribution in [1.29, 1.82) is 5.26 Å². The van der Waals surface area contributed by atoms with Crippen molar-refractivity contribution in [3.05, 3.63) is 35.4 Å². The first-order valence-electron chi connectivity index (χ1n) is 6.11. The minimum Gasteiger partial charge on any atom is -0.478 e. The molecule has 0 aliphatic rings. The number of nitrogens with zero attached hydrogens (tertiary/aromatic N) is 1. The largest absolute Gasteiger partial charge is 0.478 e. The maximum Gasteiger partial charge on any atom is 0.335 e. The first-order valence-corrected chi connectivity index (χ1v) is 7.76. The standard InChI is InChI=1S/C13H16N2O4S/c14-7-2-1-3-8-15-20(18,19)10-11-5-4-6-12(9-11)13(16)17/h4-6,9,15H,1-3,8,10H2,(H,16,17). The van der Waals surface area contributed by atoms with Gasteiger partial charge in [-0.2, -0.15) is 5.26 Å². The number of carboxylic acids is 1. The van der Waals surface area contributed by atoms with Crippen molar-refractivity contribution in [2.24, 2.45) is 0 Å². The van der Waals surface area contributed by atoms with Gasteiger partial charge in [-0.3, -0.25) is 0 Å². The van der Waals surface area contributed by atoms with Gasteiger partial charge < -0.3 is 5.11 Å². The van der Waals surface area contributed by atoms with E-state index in [0.29, 0.717) is 24.8 Å². The molecule has 6 nitrogen and oxygen atoms in total. The summed E-state index contributed by atoms with van der Waals surface area (Å²) in [6.45, 7) is 0.280. The molecular formula is C13H16N2O4S. The highest BCUT2D eigenvalue weighted by Gasteiger charge is 2.12. The van der Waals surface area contributed by atoms with Gasteiger partial charge in [0.25, 0.3) is 0 Å². The third kappa shape index (κ3) is 5.82. The van der Waals surface area contributed by atoms with Crippen molar-refractivity contribution in [2.45, 2.75) is 25.0 Å². The minimum atomic E-state index is -3.49. The van der Waals surface area contributed by atoms with Crippen molar-refractivity contribution >= 4 is 16.0 Å². The Bertz CT molecular complexity index is 605. The maximum atomic E-state index is 11.8. The molecule has 0 amide bonds. The molecule has 2 N–H and O–H groups in total. The number of rotatable bonds is 8. The predicted octanol–water partition coefficient (Wildman–Crippen LogP) is 1.50. The number of sulfonamides is 1. The molecule has 7 heteroatoms. The second kappa shape index (κ2) is 7.62. The molecule has 0 aliphatic carbocycles. The Kier molecular flexibility index (Phi) is 6.15. The van der Waals surface area contributed by atoms with Crippen molar-refractivity contribution in [1.82, 2.24) is 4.72 Å². The number of carboxylic acid groups (broad SMARTS) is 1. The molecule has 0 aliphatic heterocycles. The molecular weight excluding hydrogens is 280 g/mol. The summed E-state index contributed by atoms with van der Waals surface area (Å²) in [6, 6.07) is 7.83. The number of unbranched alkanes of at least 4 members (excludes halogenated alkanes) is 2. The first kappa shape index (κ1) is 16.1. The lowest BCUT2D eigenvalue weighted by Gasteiger charge is -2.07. The second-order valence-electron chi connectivity index (χ2n) is 4.27. The Morgan fingerprint density at radius 1 is 1.35 bits per heavy atom. The quantitative estimate of drug-likeness (QED) is 0.707. The molecule has 0 aromatic heterocycles. The number of carbonyl (C=O) groups is 1. The van der Waals surface area contributed by atoms with Gasteiger partial charge in [0, 0.05) is 13.0 Å².